The topological polar surface area (TPSA) is 86.8 Å². The summed E-state index contributed by atoms with van der Waals surface area (Å²) in [4.78, 5) is 28.4. The predicted octanol–water partition coefficient (Wildman–Crippen LogP) is 5.10. The molecule has 2 amide bonds. The van der Waals surface area contributed by atoms with Crippen molar-refractivity contribution >= 4 is 39.1 Å². The van der Waals surface area contributed by atoms with E-state index in [1.165, 1.54) is 17.0 Å². The fourth-order valence-corrected chi connectivity index (χ4v) is 5.62. The van der Waals surface area contributed by atoms with Gasteiger partial charge in [-0.2, -0.15) is 0 Å². The van der Waals surface area contributed by atoms with Gasteiger partial charge in [-0.15, -0.1) is 0 Å². The van der Waals surface area contributed by atoms with E-state index < -0.39 is 28.5 Å². The summed E-state index contributed by atoms with van der Waals surface area (Å²) in [7, 11) is -4.09. The first kappa shape index (κ1) is 29.2. The van der Waals surface area contributed by atoms with Crippen LogP contribution in [0.3, 0.4) is 0 Å². The van der Waals surface area contributed by atoms with E-state index in [0.29, 0.717) is 23.7 Å². The van der Waals surface area contributed by atoms with Crippen molar-refractivity contribution in [1.82, 2.24) is 10.2 Å². The SMILES string of the molecule is CCNC(=O)[C@@H](CC)N(Cc1ccc(Cl)cc1)C(=O)CN(c1ccc(C)cc1)S(=O)(=O)c1ccc(C)cc1. The van der Waals surface area contributed by atoms with E-state index in [2.05, 4.69) is 5.32 Å². The lowest BCUT2D eigenvalue weighted by molar-refractivity contribution is -0.140. The summed E-state index contributed by atoms with van der Waals surface area (Å²) >= 11 is 6.04. The molecule has 0 radical (unpaired) electrons. The number of anilines is 1. The lowest BCUT2D eigenvalue weighted by atomic mass is 10.1. The van der Waals surface area contributed by atoms with Crippen molar-refractivity contribution in [2.75, 3.05) is 17.4 Å². The Morgan fingerprint density at radius 1 is 0.868 bits per heavy atom. The first-order valence-electron chi connectivity index (χ1n) is 12.5. The fraction of sp³-hybridized carbons (Fsp3) is 0.310. The van der Waals surface area contributed by atoms with Crippen LogP contribution in [0.15, 0.2) is 77.7 Å². The predicted molar refractivity (Wildman–Crippen MR) is 152 cm³/mol. The minimum absolute atomic E-state index is 0.0801. The molecule has 1 N–H and O–H groups in total. The van der Waals surface area contributed by atoms with E-state index in [4.69, 9.17) is 11.6 Å². The summed E-state index contributed by atoms with van der Waals surface area (Å²) in [5, 5.41) is 3.35. The molecule has 3 rings (SSSR count). The van der Waals surface area contributed by atoms with E-state index in [-0.39, 0.29) is 17.3 Å². The normalized spacial score (nSPS) is 12.0. The van der Waals surface area contributed by atoms with Gasteiger partial charge < -0.3 is 10.2 Å². The minimum atomic E-state index is -4.09. The molecule has 0 aliphatic carbocycles. The van der Waals surface area contributed by atoms with E-state index in [1.807, 2.05) is 27.7 Å². The van der Waals surface area contributed by atoms with Gasteiger partial charge in [0.1, 0.15) is 12.6 Å². The average molecular weight is 556 g/mol. The summed E-state index contributed by atoms with van der Waals surface area (Å²) < 4.78 is 28.7. The maximum Gasteiger partial charge on any atom is 0.264 e. The molecule has 0 spiro atoms. The van der Waals surface area contributed by atoms with Crippen LogP contribution in [0, 0.1) is 13.8 Å². The zero-order chi connectivity index (χ0) is 27.9. The highest BCUT2D eigenvalue weighted by molar-refractivity contribution is 7.92. The average Bonchev–Trinajstić information content (AvgIpc) is 2.89. The number of hydrogen-bond donors (Lipinski definition) is 1. The Labute approximate surface area is 230 Å². The summed E-state index contributed by atoms with van der Waals surface area (Å²) in [5.41, 5.74) is 3.01. The number of rotatable bonds is 11. The van der Waals surface area contributed by atoms with Gasteiger partial charge in [0.15, 0.2) is 0 Å². The van der Waals surface area contributed by atoms with Crippen molar-refractivity contribution in [2.45, 2.75) is 51.6 Å². The standard InChI is InChI=1S/C29H34ClN3O4S/c1-5-27(29(35)31-6-2)32(19-23-11-13-24(30)14-12-23)28(34)20-33(25-15-7-21(3)8-16-25)38(36,37)26-17-9-22(4)10-18-26/h7-18,27H,5-6,19-20H2,1-4H3,(H,31,35)/t27-/m1/s1. The number of carbonyl (C=O) groups excluding carboxylic acids is 2. The summed E-state index contributed by atoms with van der Waals surface area (Å²) in [6, 6.07) is 19.7. The molecule has 0 unspecified atom stereocenters. The van der Waals surface area contributed by atoms with Crippen LogP contribution in [0.1, 0.15) is 37.0 Å². The smallest absolute Gasteiger partial charge is 0.264 e. The number of nitrogens with one attached hydrogen (secondary N) is 1. The van der Waals surface area contributed by atoms with Crippen LogP contribution in [0.25, 0.3) is 0 Å². The number of likely N-dealkylation sites (N-methyl/N-ethyl adjacent to an activating group) is 1. The van der Waals surface area contributed by atoms with E-state index in [1.54, 1.807) is 60.7 Å². The molecule has 3 aromatic rings. The van der Waals surface area contributed by atoms with Crippen LogP contribution < -0.4 is 9.62 Å². The van der Waals surface area contributed by atoms with Crippen LogP contribution in [-0.2, 0) is 26.2 Å². The molecule has 0 aliphatic rings. The van der Waals surface area contributed by atoms with Crippen LogP contribution in [0.5, 0.6) is 0 Å². The van der Waals surface area contributed by atoms with Crippen LogP contribution in [0.4, 0.5) is 5.69 Å². The maximum absolute atomic E-state index is 13.9. The van der Waals surface area contributed by atoms with Crippen molar-refractivity contribution in [3.8, 4) is 0 Å². The van der Waals surface area contributed by atoms with Gasteiger partial charge in [0.05, 0.1) is 10.6 Å². The quantitative estimate of drug-likeness (QED) is 0.357. The third kappa shape index (κ3) is 7.14. The second kappa shape index (κ2) is 12.9. The minimum Gasteiger partial charge on any atom is -0.355 e. The Hall–Kier alpha value is -3.36. The van der Waals surface area contributed by atoms with E-state index in [0.717, 1.165) is 21.0 Å². The van der Waals surface area contributed by atoms with E-state index >= 15 is 0 Å². The molecular formula is C29H34ClN3O4S. The number of halogens is 1. The second-order valence-electron chi connectivity index (χ2n) is 9.13. The number of nitrogens with zero attached hydrogens (tertiary/aromatic N) is 2. The molecule has 3 aromatic carbocycles. The van der Waals surface area contributed by atoms with Crippen molar-refractivity contribution in [3.05, 3.63) is 94.5 Å². The third-order valence-electron chi connectivity index (χ3n) is 6.21. The molecular weight excluding hydrogens is 522 g/mol. The number of hydrogen-bond acceptors (Lipinski definition) is 4. The first-order valence-corrected chi connectivity index (χ1v) is 14.4. The van der Waals surface area contributed by atoms with Gasteiger partial charge in [-0.25, -0.2) is 8.42 Å². The van der Waals surface area contributed by atoms with Crippen LogP contribution in [0.2, 0.25) is 5.02 Å². The van der Waals surface area contributed by atoms with Crippen LogP contribution >= 0.6 is 11.6 Å². The zero-order valence-electron chi connectivity index (χ0n) is 22.1. The van der Waals surface area contributed by atoms with Gasteiger partial charge >= 0.3 is 0 Å². The number of amides is 2. The molecule has 0 bridgehead atoms. The van der Waals surface area contributed by atoms with Crippen molar-refractivity contribution < 1.29 is 18.0 Å². The molecule has 0 saturated carbocycles. The van der Waals surface area contributed by atoms with Gasteiger partial charge in [-0.1, -0.05) is 66.0 Å². The Bertz CT molecular complexity index is 1340. The molecule has 202 valence electrons. The lowest BCUT2D eigenvalue weighted by Gasteiger charge is -2.33. The molecule has 0 fully saturated rings. The molecule has 0 aliphatic heterocycles. The fourth-order valence-electron chi connectivity index (χ4n) is 4.08. The number of benzene rings is 3. The number of aryl methyl sites for hydroxylation is 2. The maximum atomic E-state index is 13.9. The Kier molecular flexibility index (Phi) is 9.94. The second-order valence-corrected chi connectivity index (χ2v) is 11.4. The highest BCUT2D eigenvalue weighted by Crippen LogP contribution is 2.25. The molecule has 0 saturated heterocycles. The Morgan fingerprint density at radius 3 is 1.95 bits per heavy atom. The van der Waals surface area contributed by atoms with Crippen molar-refractivity contribution in [1.29, 1.82) is 0 Å². The largest absolute Gasteiger partial charge is 0.355 e. The molecule has 9 heteroatoms. The Balaban J connectivity index is 2.04. The molecule has 0 aromatic heterocycles. The third-order valence-corrected chi connectivity index (χ3v) is 8.25. The van der Waals surface area contributed by atoms with Gasteiger partial charge in [0, 0.05) is 18.1 Å². The first-order chi connectivity index (χ1) is 18.1. The van der Waals surface area contributed by atoms with Gasteiger partial charge in [-0.3, -0.25) is 13.9 Å². The number of sulfonamides is 1. The molecule has 7 nitrogen and oxygen atoms in total. The zero-order valence-corrected chi connectivity index (χ0v) is 23.7. The molecule has 1 atom stereocenters. The lowest BCUT2D eigenvalue weighted by Crippen LogP contribution is -2.52. The summed E-state index contributed by atoms with van der Waals surface area (Å²) in [6.07, 6.45) is 0.362. The number of carbonyl (C=O) groups is 2. The molecule has 38 heavy (non-hydrogen) atoms. The van der Waals surface area contributed by atoms with E-state index in [9.17, 15) is 18.0 Å². The summed E-state index contributed by atoms with van der Waals surface area (Å²) in [5.74, 6) is -0.782. The van der Waals surface area contributed by atoms with Crippen molar-refractivity contribution in [2.24, 2.45) is 0 Å². The highest BCUT2D eigenvalue weighted by Gasteiger charge is 2.33. The molecule has 0 heterocycles. The van der Waals surface area contributed by atoms with Crippen LogP contribution in [-0.4, -0.2) is 44.3 Å². The highest BCUT2D eigenvalue weighted by atomic mass is 35.5. The van der Waals surface area contributed by atoms with Crippen molar-refractivity contribution in [3.63, 3.8) is 0 Å². The van der Waals surface area contributed by atoms with Gasteiger partial charge in [0.2, 0.25) is 11.8 Å². The summed E-state index contributed by atoms with van der Waals surface area (Å²) in [6.45, 7) is 7.47. The monoisotopic (exact) mass is 555 g/mol. The van der Waals surface area contributed by atoms with Gasteiger partial charge in [-0.05, 0) is 69.2 Å². The van der Waals surface area contributed by atoms with Gasteiger partial charge in [0.25, 0.3) is 10.0 Å². The Morgan fingerprint density at radius 2 is 1.42 bits per heavy atom.